The van der Waals surface area contributed by atoms with E-state index in [0.717, 1.165) is 36.9 Å². The van der Waals surface area contributed by atoms with E-state index < -0.39 is 15.3 Å². The quantitative estimate of drug-likeness (QED) is 0.653. The fraction of sp³-hybridized carbons (Fsp3) is 0.462. The zero-order valence-electron chi connectivity index (χ0n) is 19.7. The van der Waals surface area contributed by atoms with E-state index in [1.807, 2.05) is 49.4 Å². The molecule has 2 aliphatic rings. The van der Waals surface area contributed by atoms with Crippen LogP contribution in [0.5, 0.6) is 0 Å². The molecule has 2 fully saturated rings. The van der Waals surface area contributed by atoms with Gasteiger partial charge in [0.1, 0.15) is 5.25 Å². The van der Waals surface area contributed by atoms with Gasteiger partial charge in [-0.15, -0.1) is 0 Å². The number of benzene rings is 2. The summed E-state index contributed by atoms with van der Waals surface area (Å²) >= 11 is 0. The van der Waals surface area contributed by atoms with Gasteiger partial charge in [0.2, 0.25) is 15.9 Å². The van der Waals surface area contributed by atoms with Crippen LogP contribution in [0.15, 0.2) is 54.6 Å². The normalized spacial score (nSPS) is 23.0. The highest BCUT2D eigenvalue weighted by molar-refractivity contribution is 7.89. The molecule has 0 aliphatic carbocycles. The summed E-state index contributed by atoms with van der Waals surface area (Å²) in [6, 6.07) is 16.4. The van der Waals surface area contributed by atoms with Gasteiger partial charge in [-0.2, -0.15) is 4.31 Å². The lowest BCUT2D eigenvalue weighted by molar-refractivity contribution is -0.133. The molecule has 1 N–H and O–H groups in total. The second kappa shape index (κ2) is 10.7. The topological polar surface area (TPSA) is 86.8 Å². The van der Waals surface area contributed by atoms with Gasteiger partial charge < -0.3 is 10.2 Å². The summed E-state index contributed by atoms with van der Waals surface area (Å²) in [5.74, 6) is -0.0413. The van der Waals surface area contributed by atoms with Gasteiger partial charge in [-0.1, -0.05) is 42.5 Å². The van der Waals surface area contributed by atoms with Crippen molar-refractivity contribution >= 4 is 21.8 Å². The number of hydrogen-bond donors (Lipinski definition) is 1. The molecule has 0 saturated carbocycles. The van der Waals surface area contributed by atoms with E-state index in [-0.39, 0.29) is 24.4 Å². The van der Waals surface area contributed by atoms with Crippen LogP contribution in [0.4, 0.5) is 0 Å². The summed E-state index contributed by atoms with van der Waals surface area (Å²) in [7, 11) is -3.50. The van der Waals surface area contributed by atoms with Crippen LogP contribution in [-0.4, -0.2) is 55.1 Å². The summed E-state index contributed by atoms with van der Waals surface area (Å²) in [5, 5.41) is 2.35. The van der Waals surface area contributed by atoms with E-state index in [0.29, 0.717) is 31.5 Å². The Morgan fingerprint density at radius 3 is 2.47 bits per heavy atom. The summed E-state index contributed by atoms with van der Waals surface area (Å²) < 4.78 is 28.4. The second-order valence-electron chi connectivity index (χ2n) is 9.21. The van der Waals surface area contributed by atoms with Gasteiger partial charge in [0.25, 0.3) is 5.91 Å². The molecule has 2 heterocycles. The SMILES string of the molecule is C[C@H]1CCC(c2ccccc2)S(=O)(=O)N1Cc1ccc(C(=O)NCCN2CCCCC2=O)cc1. The minimum absolute atomic E-state index is 0.0783. The number of nitrogens with zero attached hydrogens (tertiary/aromatic N) is 2. The summed E-state index contributed by atoms with van der Waals surface area (Å²) in [5.41, 5.74) is 2.20. The number of rotatable bonds is 7. The van der Waals surface area contributed by atoms with Crippen molar-refractivity contribution in [2.45, 2.75) is 56.9 Å². The Bertz CT molecular complexity index is 1100. The first-order valence-electron chi connectivity index (χ1n) is 12.1. The molecule has 0 aromatic heterocycles. The maximum absolute atomic E-state index is 13.4. The number of carbonyl (C=O) groups excluding carboxylic acids is 2. The van der Waals surface area contributed by atoms with E-state index in [1.165, 1.54) is 0 Å². The first-order chi connectivity index (χ1) is 16.4. The minimum atomic E-state index is -3.50. The second-order valence-corrected chi connectivity index (χ2v) is 11.3. The third kappa shape index (κ3) is 5.50. The average Bonchev–Trinajstić information content (AvgIpc) is 2.84. The van der Waals surface area contributed by atoms with Crippen molar-refractivity contribution in [3.8, 4) is 0 Å². The van der Waals surface area contributed by atoms with Crippen LogP contribution in [0.25, 0.3) is 0 Å². The maximum atomic E-state index is 13.4. The number of nitrogens with one attached hydrogen (secondary N) is 1. The highest BCUT2D eigenvalue weighted by atomic mass is 32.2. The van der Waals surface area contributed by atoms with E-state index in [1.54, 1.807) is 21.3 Å². The van der Waals surface area contributed by atoms with Gasteiger partial charge in [0.15, 0.2) is 0 Å². The molecule has 0 radical (unpaired) electrons. The Labute approximate surface area is 202 Å². The lowest BCUT2D eigenvalue weighted by atomic mass is 10.0. The lowest BCUT2D eigenvalue weighted by Gasteiger charge is -2.37. The Kier molecular flexibility index (Phi) is 7.68. The van der Waals surface area contributed by atoms with Crippen molar-refractivity contribution in [2.75, 3.05) is 19.6 Å². The predicted octanol–water partition coefficient (Wildman–Crippen LogP) is 3.48. The molecule has 0 bridgehead atoms. The maximum Gasteiger partial charge on any atom is 0.251 e. The Morgan fingerprint density at radius 1 is 1.03 bits per heavy atom. The standard InChI is InChI=1S/C26H33N3O4S/c1-20-10-15-24(22-7-3-2-4-8-22)34(32,33)29(20)19-21-11-13-23(14-12-21)26(31)27-16-18-28-17-6-5-9-25(28)30/h2-4,7-8,11-14,20,24H,5-6,9-10,15-19H2,1H3,(H,27,31)/t20-,24?/m0/s1. The molecular formula is C26H33N3O4S. The number of likely N-dealkylation sites (tertiary alicyclic amines) is 1. The van der Waals surface area contributed by atoms with Gasteiger partial charge in [-0.3, -0.25) is 9.59 Å². The molecular weight excluding hydrogens is 450 g/mol. The smallest absolute Gasteiger partial charge is 0.251 e. The molecule has 2 amide bonds. The molecule has 4 rings (SSSR count). The highest BCUT2D eigenvalue weighted by Gasteiger charge is 2.40. The van der Waals surface area contributed by atoms with E-state index in [4.69, 9.17) is 0 Å². The Balaban J connectivity index is 1.36. The molecule has 7 nitrogen and oxygen atoms in total. The minimum Gasteiger partial charge on any atom is -0.350 e. The van der Waals surface area contributed by atoms with E-state index in [2.05, 4.69) is 5.32 Å². The highest BCUT2D eigenvalue weighted by Crippen LogP contribution is 2.38. The van der Waals surface area contributed by atoms with Gasteiger partial charge in [-0.25, -0.2) is 8.42 Å². The van der Waals surface area contributed by atoms with Gasteiger partial charge in [0, 0.05) is 44.2 Å². The largest absolute Gasteiger partial charge is 0.350 e. The van der Waals surface area contributed by atoms with Crippen LogP contribution in [0, 0.1) is 0 Å². The van der Waals surface area contributed by atoms with E-state index in [9.17, 15) is 18.0 Å². The first kappa shape index (κ1) is 24.4. The third-order valence-electron chi connectivity index (χ3n) is 6.84. The van der Waals surface area contributed by atoms with Crippen molar-refractivity contribution in [2.24, 2.45) is 0 Å². The zero-order chi connectivity index (χ0) is 24.1. The molecule has 8 heteroatoms. The van der Waals surface area contributed by atoms with Crippen LogP contribution in [0.2, 0.25) is 0 Å². The van der Waals surface area contributed by atoms with Crippen LogP contribution < -0.4 is 5.32 Å². The molecule has 2 aromatic rings. The van der Waals surface area contributed by atoms with E-state index >= 15 is 0 Å². The number of sulfonamides is 1. The van der Waals surface area contributed by atoms with Crippen molar-refractivity contribution in [1.29, 1.82) is 0 Å². The summed E-state index contributed by atoms with van der Waals surface area (Å²) in [6.07, 6.45) is 3.97. The fourth-order valence-electron chi connectivity index (χ4n) is 4.80. The Hall–Kier alpha value is -2.71. The van der Waals surface area contributed by atoms with Crippen LogP contribution in [-0.2, 0) is 21.4 Å². The Morgan fingerprint density at radius 2 is 1.76 bits per heavy atom. The molecule has 1 unspecified atom stereocenters. The average molecular weight is 484 g/mol. The molecule has 2 aliphatic heterocycles. The van der Waals surface area contributed by atoms with Crippen LogP contribution in [0.1, 0.15) is 65.8 Å². The predicted molar refractivity (Wildman–Crippen MR) is 132 cm³/mol. The molecule has 2 aromatic carbocycles. The van der Waals surface area contributed by atoms with Gasteiger partial charge >= 0.3 is 0 Å². The number of amides is 2. The molecule has 0 spiro atoms. The van der Waals surface area contributed by atoms with Crippen molar-refractivity contribution in [3.63, 3.8) is 0 Å². The molecule has 2 atom stereocenters. The molecule has 182 valence electrons. The number of carbonyl (C=O) groups is 2. The summed E-state index contributed by atoms with van der Waals surface area (Å²) in [6.45, 7) is 3.93. The fourth-order valence-corrected chi connectivity index (χ4v) is 7.00. The van der Waals surface area contributed by atoms with Gasteiger partial charge in [-0.05, 0) is 55.9 Å². The van der Waals surface area contributed by atoms with Crippen LogP contribution in [0.3, 0.4) is 0 Å². The van der Waals surface area contributed by atoms with Crippen molar-refractivity contribution < 1.29 is 18.0 Å². The number of hydrogen-bond acceptors (Lipinski definition) is 4. The lowest BCUT2D eigenvalue weighted by Crippen LogP contribution is -2.44. The first-order valence-corrected chi connectivity index (χ1v) is 13.6. The monoisotopic (exact) mass is 483 g/mol. The third-order valence-corrected chi connectivity index (χ3v) is 9.21. The summed E-state index contributed by atoms with van der Waals surface area (Å²) in [4.78, 5) is 26.2. The van der Waals surface area contributed by atoms with Crippen LogP contribution >= 0.6 is 0 Å². The molecule has 2 saturated heterocycles. The number of piperidine rings is 1. The zero-order valence-corrected chi connectivity index (χ0v) is 20.5. The molecule has 34 heavy (non-hydrogen) atoms. The van der Waals surface area contributed by atoms with Gasteiger partial charge in [0.05, 0.1) is 0 Å². The van der Waals surface area contributed by atoms with Crippen molar-refractivity contribution in [3.05, 3.63) is 71.3 Å². The van der Waals surface area contributed by atoms with Crippen molar-refractivity contribution in [1.82, 2.24) is 14.5 Å².